The molecule has 1 unspecified atom stereocenters. The summed E-state index contributed by atoms with van der Waals surface area (Å²) in [6.07, 6.45) is 4.10. The fourth-order valence-corrected chi connectivity index (χ4v) is 3.01. The molecule has 1 aromatic heterocycles. The minimum Gasteiger partial charge on any atom is -0.390 e. The Balaban J connectivity index is 1.56. The SMILES string of the molecule is O=C(Cn1cnnn1)N1CCC2(CC1)OCCCC2O. The lowest BCUT2D eigenvalue weighted by Crippen LogP contribution is -2.56. The molecule has 2 aliphatic heterocycles. The van der Waals surface area contributed by atoms with Gasteiger partial charge in [-0.25, -0.2) is 4.68 Å². The van der Waals surface area contributed by atoms with Gasteiger partial charge in [0.05, 0.1) is 11.7 Å². The molecule has 0 radical (unpaired) electrons. The molecule has 3 heterocycles. The number of hydrogen-bond acceptors (Lipinski definition) is 6. The first kappa shape index (κ1) is 13.4. The van der Waals surface area contributed by atoms with E-state index in [-0.39, 0.29) is 12.5 Å². The number of aliphatic hydroxyl groups excluding tert-OH is 1. The maximum Gasteiger partial charge on any atom is 0.244 e. The molecule has 2 fully saturated rings. The summed E-state index contributed by atoms with van der Waals surface area (Å²) in [5.74, 6) is -0.00236. The molecule has 0 saturated carbocycles. The normalized spacial score (nSPS) is 25.9. The molecule has 1 spiro atoms. The van der Waals surface area contributed by atoms with Gasteiger partial charge in [-0.15, -0.1) is 5.10 Å². The summed E-state index contributed by atoms with van der Waals surface area (Å²) >= 11 is 0. The van der Waals surface area contributed by atoms with Crippen molar-refractivity contribution in [3.63, 3.8) is 0 Å². The number of carbonyl (C=O) groups excluding carboxylic acids is 1. The van der Waals surface area contributed by atoms with Gasteiger partial charge < -0.3 is 14.7 Å². The highest BCUT2D eigenvalue weighted by molar-refractivity contribution is 5.76. The predicted octanol–water partition coefficient (Wildman–Crippen LogP) is -0.794. The third kappa shape index (κ3) is 2.53. The molecular weight excluding hydrogens is 262 g/mol. The topological polar surface area (TPSA) is 93.4 Å². The number of aliphatic hydroxyl groups is 1. The Kier molecular flexibility index (Phi) is 3.66. The van der Waals surface area contributed by atoms with E-state index >= 15 is 0 Å². The molecule has 20 heavy (non-hydrogen) atoms. The standard InChI is InChI=1S/C12H19N5O3/c18-10-2-1-7-20-12(10)3-5-16(6-4-12)11(19)8-17-9-13-14-15-17/h9-10,18H,1-8H2. The largest absolute Gasteiger partial charge is 0.390 e. The van der Waals surface area contributed by atoms with Crippen LogP contribution in [-0.4, -0.2) is 67.5 Å². The highest BCUT2D eigenvalue weighted by Crippen LogP contribution is 2.35. The molecule has 110 valence electrons. The van der Waals surface area contributed by atoms with E-state index in [0.29, 0.717) is 32.5 Å². The van der Waals surface area contributed by atoms with Crippen LogP contribution in [0.4, 0.5) is 0 Å². The van der Waals surface area contributed by atoms with Gasteiger partial charge >= 0.3 is 0 Å². The van der Waals surface area contributed by atoms with Gasteiger partial charge in [-0.1, -0.05) is 0 Å². The lowest BCUT2D eigenvalue weighted by atomic mass is 9.82. The van der Waals surface area contributed by atoms with E-state index < -0.39 is 11.7 Å². The first-order valence-corrected chi connectivity index (χ1v) is 7.00. The highest BCUT2D eigenvalue weighted by atomic mass is 16.5. The van der Waals surface area contributed by atoms with Gasteiger partial charge in [-0.3, -0.25) is 4.79 Å². The van der Waals surface area contributed by atoms with Crippen LogP contribution in [-0.2, 0) is 16.1 Å². The van der Waals surface area contributed by atoms with Gasteiger partial charge in [0.1, 0.15) is 12.9 Å². The first-order chi connectivity index (χ1) is 9.70. The molecule has 1 aromatic rings. The number of nitrogens with zero attached hydrogens (tertiary/aromatic N) is 5. The van der Waals surface area contributed by atoms with E-state index in [4.69, 9.17) is 4.74 Å². The number of piperidine rings is 1. The van der Waals surface area contributed by atoms with Crippen molar-refractivity contribution in [2.75, 3.05) is 19.7 Å². The molecular formula is C12H19N5O3. The van der Waals surface area contributed by atoms with Crippen LogP contribution in [0.3, 0.4) is 0 Å². The second-order valence-corrected chi connectivity index (χ2v) is 5.46. The molecule has 8 nitrogen and oxygen atoms in total. The lowest BCUT2D eigenvalue weighted by molar-refractivity contribution is -0.179. The van der Waals surface area contributed by atoms with Crippen LogP contribution in [0.2, 0.25) is 0 Å². The predicted molar refractivity (Wildman–Crippen MR) is 67.6 cm³/mol. The molecule has 0 bridgehead atoms. The Hall–Kier alpha value is -1.54. The molecule has 8 heteroatoms. The van der Waals surface area contributed by atoms with Crippen LogP contribution in [0.15, 0.2) is 6.33 Å². The monoisotopic (exact) mass is 281 g/mol. The van der Waals surface area contributed by atoms with Crippen molar-refractivity contribution < 1.29 is 14.6 Å². The van der Waals surface area contributed by atoms with Crippen LogP contribution >= 0.6 is 0 Å². The maximum absolute atomic E-state index is 12.1. The molecule has 3 rings (SSSR count). The van der Waals surface area contributed by atoms with E-state index in [2.05, 4.69) is 15.5 Å². The van der Waals surface area contributed by atoms with Crippen molar-refractivity contribution in [1.29, 1.82) is 0 Å². The Bertz CT molecular complexity index is 456. The summed E-state index contributed by atoms with van der Waals surface area (Å²) in [5, 5.41) is 20.9. The lowest BCUT2D eigenvalue weighted by Gasteiger charge is -2.46. The number of amides is 1. The van der Waals surface area contributed by atoms with Crippen LogP contribution < -0.4 is 0 Å². The number of likely N-dealkylation sites (tertiary alicyclic amines) is 1. The number of hydrogen-bond donors (Lipinski definition) is 1. The molecule has 1 N–H and O–H groups in total. The number of aromatic nitrogens is 4. The zero-order chi connectivity index (χ0) is 14.0. The van der Waals surface area contributed by atoms with E-state index in [1.165, 1.54) is 11.0 Å². The van der Waals surface area contributed by atoms with Crippen LogP contribution in [0, 0.1) is 0 Å². The van der Waals surface area contributed by atoms with E-state index in [9.17, 15) is 9.90 Å². The number of rotatable bonds is 2. The van der Waals surface area contributed by atoms with Gasteiger partial charge in [-0.05, 0) is 36.1 Å². The van der Waals surface area contributed by atoms with Crippen molar-refractivity contribution in [3.8, 4) is 0 Å². The molecule has 1 amide bonds. The van der Waals surface area contributed by atoms with Gasteiger partial charge in [0.2, 0.25) is 5.91 Å². The Morgan fingerprint density at radius 1 is 1.45 bits per heavy atom. The van der Waals surface area contributed by atoms with Crippen LogP contribution in [0.5, 0.6) is 0 Å². The molecule has 0 aliphatic carbocycles. The zero-order valence-electron chi connectivity index (χ0n) is 11.3. The minimum atomic E-state index is -0.441. The Labute approximate surface area is 116 Å². The fraction of sp³-hybridized carbons (Fsp3) is 0.833. The summed E-state index contributed by atoms with van der Waals surface area (Å²) < 4.78 is 7.24. The molecule has 1 atom stereocenters. The summed E-state index contributed by atoms with van der Waals surface area (Å²) in [6.45, 7) is 2.08. The molecule has 2 saturated heterocycles. The van der Waals surface area contributed by atoms with Gasteiger partial charge in [0.15, 0.2) is 0 Å². The van der Waals surface area contributed by atoms with Gasteiger partial charge in [-0.2, -0.15) is 0 Å². The fourth-order valence-electron chi connectivity index (χ4n) is 3.01. The smallest absolute Gasteiger partial charge is 0.244 e. The Morgan fingerprint density at radius 2 is 2.25 bits per heavy atom. The van der Waals surface area contributed by atoms with Crippen molar-refractivity contribution in [2.24, 2.45) is 0 Å². The van der Waals surface area contributed by atoms with Gasteiger partial charge in [0.25, 0.3) is 0 Å². The number of ether oxygens (including phenoxy) is 1. The van der Waals surface area contributed by atoms with E-state index in [1.807, 2.05) is 0 Å². The van der Waals surface area contributed by atoms with Crippen molar-refractivity contribution in [1.82, 2.24) is 25.1 Å². The Morgan fingerprint density at radius 3 is 2.90 bits per heavy atom. The summed E-state index contributed by atoms with van der Waals surface area (Å²) in [6, 6.07) is 0. The average Bonchev–Trinajstić information content (AvgIpc) is 2.96. The average molecular weight is 281 g/mol. The van der Waals surface area contributed by atoms with E-state index in [1.54, 1.807) is 4.90 Å². The number of tetrazole rings is 1. The third-order valence-corrected chi connectivity index (χ3v) is 4.27. The van der Waals surface area contributed by atoms with Crippen LogP contribution in [0.25, 0.3) is 0 Å². The first-order valence-electron chi connectivity index (χ1n) is 7.00. The summed E-state index contributed by atoms with van der Waals surface area (Å²) in [5.41, 5.74) is -0.441. The zero-order valence-corrected chi connectivity index (χ0v) is 11.3. The van der Waals surface area contributed by atoms with Crippen molar-refractivity contribution >= 4 is 5.91 Å². The summed E-state index contributed by atoms with van der Waals surface area (Å²) in [4.78, 5) is 13.9. The van der Waals surface area contributed by atoms with Crippen LogP contribution in [0.1, 0.15) is 25.7 Å². The molecule has 0 aromatic carbocycles. The maximum atomic E-state index is 12.1. The molecule has 2 aliphatic rings. The summed E-state index contributed by atoms with van der Waals surface area (Å²) in [7, 11) is 0. The van der Waals surface area contributed by atoms with Crippen molar-refractivity contribution in [3.05, 3.63) is 6.33 Å². The van der Waals surface area contributed by atoms with Gasteiger partial charge in [0, 0.05) is 19.7 Å². The second-order valence-electron chi connectivity index (χ2n) is 5.46. The minimum absolute atomic E-state index is 0.00236. The second kappa shape index (κ2) is 5.45. The van der Waals surface area contributed by atoms with Crippen molar-refractivity contribution in [2.45, 2.75) is 43.9 Å². The quantitative estimate of drug-likeness (QED) is 0.763. The third-order valence-electron chi connectivity index (χ3n) is 4.27. The highest BCUT2D eigenvalue weighted by Gasteiger charge is 2.44. The van der Waals surface area contributed by atoms with E-state index in [0.717, 1.165) is 12.8 Å². The number of carbonyl (C=O) groups is 1.